The lowest BCUT2D eigenvalue weighted by Crippen LogP contribution is -2.36. The summed E-state index contributed by atoms with van der Waals surface area (Å²) in [5.74, 6) is -0.997. The molecule has 0 radical (unpaired) electrons. The third kappa shape index (κ3) is 5.04. The third-order valence-corrected chi connectivity index (χ3v) is 5.45. The van der Waals surface area contributed by atoms with Gasteiger partial charge in [-0.2, -0.15) is 0 Å². The van der Waals surface area contributed by atoms with Gasteiger partial charge in [0.1, 0.15) is 6.61 Å². The van der Waals surface area contributed by atoms with Gasteiger partial charge in [0.2, 0.25) is 5.91 Å². The second-order valence-corrected chi connectivity index (χ2v) is 7.58. The van der Waals surface area contributed by atoms with E-state index in [0.717, 1.165) is 16.7 Å². The van der Waals surface area contributed by atoms with Gasteiger partial charge in [0.05, 0.1) is 11.3 Å². The van der Waals surface area contributed by atoms with Gasteiger partial charge in [0.15, 0.2) is 0 Å². The Morgan fingerprint density at radius 1 is 1.16 bits per heavy atom. The molecule has 0 saturated heterocycles. The van der Waals surface area contributed by atoms with Gasteiger partial charge in [-0.25, -0.2) is 4.79 Å². The molecule has 0 bridgehead atoms. The van der Waals surface area contributed by atoms with E-state index in [1.165, 1.54) is 4.90 Å². The van der Waals surface area contributed by atoms with E-state index in [-0.39, 0.29) is 18.9 Å². The van der Waals surface area contributed by atoms with E-state index in [2.05, 4.69) is 13.2 Å². The smallest absolute Gasteiger partial charge is 0.337 e. The van der Waals surface area contributed by atoms with Crippen LogP contribution in [-0.2, 0) is 14.3 Å². The maximum Gasteiger partial charge on any atom is 0.337 e. The molecule has 1 unspecified atom stereocenters. The number of amides is 1. The van der Waals surface area contributed by atoms with Gasteiger partial charge in [0, 0.05) is 24.4 Å². The number of nitrogens with zero attached hydrogens (tertiary/aromatic N) is 1. The second kappa shape index (κ2) is 10.1. The Labute approximate surface area is 187 Å². The molecule has 0 aromatic heterocycles. The topological polar surface area (TPSA) is 46.6 Å². The molecule has 0 N–H and O–H groups in total. The summed E-state index contributed by atoms with van der Waals surface area (Å²) < 4.78 is 5.65. The Kier molecular flexibility index (Phi) is 7.27. The largest absolute Gasteiger partial charge is 0.457 e. The van der Waals surface area contributed by atoms with Gasteiger partial charge in [-0.1, -0.05) is 85.5 Å². The maximum absolute atomic E-state index is 13.4. The molecular weight excluding hydrogens is 410 g/mol. The number of carbonyl (C=O) groups is 2. The van der Waals surface area contributed by atoms with Crippen LogP contribution in [0.25, 0.3) is 5.70 Å². The minimum atomic E-state index is -0.477. The van der Waals surface area contributed by atoms with Crippen molar-refractivity contribution >= 4 is 29.2 Å². The number of allylic oxidation sites excluding steroid dienone is 2. The third-order valence-electron chi connectivity index (χ3n) is 5.20. The summed E-state index contributed by atoms with van der Waals surface area (Å²) in [5.41, 5.74) is 3.33. The lowest BCUT2D eigenvalue weighted by Gasteiger charge is -2.34. The first kappa shape index (κ1) is 22.3. The highest BCUT2D eigenvalue weighted by atomic mass is 35.5. The summed E-state index contributed by atoms with van der Waals surface area (Å²) >= 11 is 6.05. The predicted molar refractivity (Wildman–Crippen MR) is 124 cm³/mol. The second-order valence-electron chi connectivity index (χ2n) is 7.15. The monoisotopic (exact) mass is 433 g/mol. The summed E-state index contributed by atoms with van der Waals surface area (Å²) in [6, 6.07) is 16.6. The molecule has 1 heterocycles. The van der Waals surface area contributed by atoms with Crippen LogP contribution in [-0.4, -0.2) is 30.4 Å². The Balaban J connectivity index is 2.12. The van der Waals surface area contributed by atoms with E-state index in [0.29, 0.717) is 16.3 Å². The zero-order chi connectivity index (χ0) is 22.4. The van der Waals surface area contributed by atoms with Crippen LogP contribution >= 0.6 is 11.6 Å². The predicted octanol–water partition coefficient (Wildman–Crippen LogP) is 5.54. The van der Waals surface area contributed by atoms with Crippen molar-refractivity contribution in [2.75, 3.05) is 13.7 Å². The lowest BCUT2D eigenvalue weighted by atomic mass is 9.82. The number of esters is 1. The zero-order valence-corrected chi connectivity index (χ0v) is 18.1. The molecule has 1 amide bonds. The first-order valence-electron chi connectivity index (χ1n) is 9.89. The van der Waals surface area contributed by atoms with Crippen molar-refractivity contribution < 1.29 is 14.3 Å². The number of benzene rings is 2. The fraction of sp³-hybridized carbons (Fsp3) is 0.154. The highest BCUT2D eigenvalue weighted by Crippen LogP contribution is 2.40. The quantitative estimate of drug-likeness (QED) is 0.425. The van der Waals surface area contributed by atoms with Crippen LogP contribution in [0.5, 0.6) is 0 Å². The SMILES string of the molecule is C=C/C=C(\C=C)COC(=O)C1=C(c2ccccc2)N(C)C(=O)CC1c1ccc(Cl)cc1. The highest BCUT2D eigenvalue weighted by Gasteiger charge is 2.37. The molecule has 4 nitrogen and oxygen atoms in total. The van der Waals surface area contributed by atoms with Crippen LogP contribution in [0.1, 0.15) is 23.5 Å². The van der Waals surface area contributed by atoms with E-state index >= 15 is 0 Å². The van der Waals surface area contributed by atoms with Crippen LogP contribution in [0.15, 0.2) is 97.1 Å². The molecule has 0 spiro atoms. The molecule has 158 valence electrons. The van der Waals surface area contributed by atoms with E-state index in [1.807, 2.05) is 42.5 Å². The maximum atomic E-state index is 13.4. The number of ether oxygens (including phenoxy) is 1. The van der Waals surface area contributed by atoms with Crippen molar-refractivity contribution in [2.45, 2.75) is 12.3 Å². The summed E-state index contributed by atoms with van der Waals surface area (Å²) in [6.45, 7) is 7.47. The Morgan fingerprint density at radius 2 is 1.84 bits per heavy atom. The molecule has 3 rings (SSSR count). The van der Waals surface area contributed by atoms with Crippen molar-refractivity contribution in [1.29, 1.82) is 0 Å². The van der Waals surface area contributed by atoms with E-state index in [4.69, 9.17) is 16.3 Å². The summed E-state index contributed by atoms with van der Waals surface area (Å²) in [4.78, 5) is 27.8. The fourth-order valence-electron chi connectivity index (χ4n) is 3.60. The zero-order valence-electron chi connectivity index (χ0n) is 17.4. The molecule has 1 aliphatic rings. The highest BCUT2D eigenvalue weighted by molar-refractivity contribution is 6.30. The van der Waals surface area contributed by atoms with Crippen molar-refractivity contribution in [2.24, 2.45) is 0 Å². The van der Waals surface area contributed by atoms with Crippen LogP contribution in [0.4, 0.5) is 0 Å². The number of hydrogen-bond acceptors (Lipinski definition) is 3. The van der Waals surface area contributed by atoms with Gasteiger partial charge in [0.25, 0.3) is 0 Å². The van der Waals surface area contributed by atoms with Gasteiger partial charge >= 0.3 is 5.97 Å². The molecular formula is C26H24ClNO3. The minimum Gasteiger partial charge on any atom is -0.457 e. The molecule has 0 fully saturated rings. The standard InChI is InChI=1S/C26H24ClNO3/c1-4-9-18(5-2)17-31-26(30)24-22(19-12-14-21(27)15-13-19)16-23(29)28(3)25(24)20-10-7-6-8-11-20/h4-15,22H,1-2,16-17H2,3H3/b18-9+. The minimum absolute atomic E-state index is 0.0604. The van der Waals surface area contributed by atoms with Crippen LogP contribution < -0.4 is 0 Å². The van der Waals surface area contributed by atoms with Gasteiger partial charge < -0.3 is 9.64 Å². The Bertz CT molecular complexity index is 1050. The molecule has 31 heavy (non-hydrogen) atoms. The molecule has 0 saturated carbocycles. The Morgan fingerprint density at radius 3 is 2.45 bits per heavy atom. The Hall–Kier alpha value is -3.37. The average molecular weight is 434 g/mol. The van der Waals surface area contributed by atoms with Crippen molar-refractivity contribution in [1.82, 2.24) is 4.90 Å². The number of rotatable bonds is 7. The lowest BCUT2D eigenvalue weighted by molar-refractivity contribution is -0.138. The number of halogens is 1. The van der Waals surface area contributed by atoms with E-state index < -0.39 is 11.9 Å². The van der Waals surface area contributed by atoms with E-state index in [9.17, 15) is 9.59 Å². The summed E-state index contributed by atoms with van der Waals surface area (Å²) in [7, 11) is 1.68. The normalized spacial score (nSPS) is 16.8. The summed E-state index contributed by atoms with van der Waals surface area (Å²) in [6.07, 6.45) is 5.13. The van der Waals surface area contributed by atoms with Gasteiger partial charge in [-0.05, 0) is 28.8 Å². The fourth-order valence-corrected chi connectivity index (χ4v) is 3.73. The molecule has 2 aromatic rings. The molecule has 2 aromatic carbocycles. The van der Waals surface area contributed by atoms with Crippen LogP contribution in [0.2, 0.25) is 5.02 Å². The molecule has 5 heteroatoms. The van der Waals surface area contributed by atoms with Crippen molar-refractivity contribution in [3.8, 4) is 0 Å². The van der Waals surface area contributed by atoms with Crippen LogP contribution in [0, 0.1) is 0 Å². The molecule has 1 atom stereocenters. The van der Waals surface area contributed by atoms with E-state index in [1.54, 1.807) is 37.4 Å². The molecule has 0 aliphatic carbocycles. The average Bonchev–Trinajstić information content (AvgIpc) is 2.79. The number of hydrogen-bond donors (Lipinski definition) is 0. The summed E-state index contributed by atoms with van der Waals surface area (Å²) in [5, 5.41) is 0.588. The van der Waals surface area contributed by atoms with Crippen LogP contribution in [0.3, 0.4) is 0 Å². The van der Waals surface area contributed by atoms with Gasteiger partial charge in [-0.15, -0.1) is 0 Å². The van der Waals surface area contributed by atoms with Crippen molar-refractivity contribution in [3.63, 3.8) is 0 Å². The number of carbonyl (C=O) groups excluding carboxylic acids is 2. The van der Waals surface area contributed by atoms with Crippen molar-refractivity contribution in [3.05, 3.63) is 113 Å². The van der Waals surface area contributed by atoms with Gasteiger partial charge in [-0.3, -0.25) is 4.79 Å². The first-order valence-corrected chi connectivity index (χ1v) is 10.3. The molecule has 1 aliphatic heterocycles. The first-order chi connectivity index (χ1) is 15.0.